The van der Waals surface area contributed by atoms with Gasteiger partial charge in [0, 0.05) is 19.5 Å². The molecule has 0 aliphatic carbocycles. The first-order chi connectivity index (χ1) is 8.17. The number of hydrogen-bond acceptors (Lipinski definition) is 3. The highest BCUT2D eigenvalue weighted by molar-refractivity contribution is 5.29. The lowest BCUT2D eigenvalue weighted by Gasteiger charge is -2.15. The molecule has 1 aromatic rings. The number of rotatable bonds is 6. The number of ether oxygens (including phenoxy) is 1. The van der Waals surface area contributed by atoms with Gasteiger partial charge in [-0.05, 0) is 31.7 Å². The maximum absolute atomic E-state index is 13.5. The molecule has 3 nitrogen and oxygen atoms in total. The van der Waals surface area contributed by atoms with Crippen molar-refractivity contribution in [2.75, 3.05) is 20.2 Å². The van der Waals surface area contributed by atoms with Crippen molar-refractivity contribution in [3.63, 3.8) is 0 Å². The Kier molecular flexibility index (Phi) is 5.44. The Morgan fingerprint density at radius 2 is 2.24 bits per heavy atom. The van der Waals surface area contributed by atoms with Gasteiger partial charge in [-0.25, -0.2) is 4.39 Å². The summed E-state index contributed by atoms with van der Waals surface area (Å²) < 4.78 is 18.7. The van der Waals surface area contributed by atoms with E-state index in [1.165, 1.54) is 6.07 Å². The van der Waals surface area contributed by atoms with Gasteiger partial charge in [-0.3, -0.25) is 0 Å². The number of halogens is 1. The van der Waals surface area contributed by atoms with Gasteiger partial charge in [-0.1, -0.05) is 6.07 Å². The minimum Gasteiger partial charge on any atom is -0.491 e. The molecule has 0 heterocycles. The van der Waals surface area contributed by atoms with E-state index in [1.54, 1.807) is 6.07 Å². The largest absolute Gasteiger partial charge is 0.491 e. The molecule has 17 heavy (non-hydrogen) atoms. The van der Waals surface area contributed by atoms with Crippen LogP contribution in [0.1, 0.15) is 18.9 Å². The average molecular weight is 236 g/mol. The Balaban J connectivity index is 2.61. The fourth-order valence-electron chi connectivity index (χ4n) is 1.55. The number of nitriles is 1. The molecule has 0 aliphatic heterocycles. The molecular formula is C13H17FN2O. The molecule has 0 spiro atoms. The Morgan fingerprint density at radius 3 is 2.82 bits per heavy atom. The molecule has 0 bridgehead atoms. The van der Waals surface area contributed by atoms with Gasteiger partial charge < -0.3 is 9.64 Å². The summed E-state index contributed by atoms with van der Waals surface area (Å²) in [5.41, 5.74) is 0.881. The van der Waals surface area contributed by atoms with Gasteiger partial charge in [0.05, 0.1) is 12.7 Å². The monoisotopic (exact) mass is 236 g/mol. The van der Waals surface area contributed by atoms with Crippen LogP contribution < -0.4 is 4.74 Å². The van der Waals surface area contributed by atoms with Crippen molar-refractivity contribution in [1.29, 1.82) is 5.26 Å². The molecule has 0 saturated heterocycles. The summed E-state index contributed by atoms with van der Waals surface area (Å²) in [7, 11) is 1.91. The molecule has 0 fully saturated rings. The highest BCUT2D eigenvalue weighted by Crippen LogP contribution is 2.19. The Bertz CT molecular complexity index is 401. The predicted molar refractivity (Wildman–Crippen MR) is 64.1 cm³/mol. The predicted octanol–water partition coefficient (Wildman–Crippen LogP) is 2.57. The van der Waals surface area contributed by atoms with E-state index < -0.39 is 0 Å². The molecular weight excluding hydrogens is 219 g/mol. The van der Waals surface area contributed by atoms with Crippen LogP contribution in [0.25, 0.3) is 0 Å². The molecule has 4 heteroatoms. The maximum Gasteiger partial charge on any atom is 0.165 e. The topological polar surface area (TPSA) is 36.3 Å². The molecule has 92 valence electrons. The summed E-state index contributed by atoms with van der Waals surface area (Å²) in [6, 6.07) is 7.06. The average Bonchev–Trinajstić information content (AvgIpc) is 2.30. The molecule has 0 saturated carbocycles. The molecule has 1 rings (SSSR count). The zero-order chi connectivity index (χ0) is 12.7. The fourth-order valence-corrected chi connectivity index (χ4v) is 1.55. The summed E-state index contributed by atoms with van der Waals surface area (Å²) in [5, 5.41) is 8.47. The number of benzene rings is 1. The third-order valence-corrected chi connectivity index (χ3v) is 2.35. The highest BCUT2D eigenvalue weighted by atomic mass is 19.1. The molecule has 0 atom stereocenters. The number of hydrogen-bond donors (Lipinski definition) is 0. The van der Waals surface area contributed by atoms with Gasteiger partial charge in [-0.15, -0.1) is 0 Å². The van der Waals surface area contributed by atoms with E-state index in [2.05, 4.69) is 6.07 Å². The van der Waals surface area contributed by atoms with Crippen molar-refractivity contribution in [2.45, 2.75) is 19.9 Å². The lowest BCUT2D eigenvalue weighted by molar-refractivity contribution is 0.317. The van der Waals surface area contributed by atoms with Gasteiger partial charge in [-0.2, -0.15) is 5.26 Å². The van der Waals surface area contributed by atoms with Crippen LogP contribution in [0, 0.1) is 17.1 Å². The highest BCUT2D eigenvalue weighted by Gasteiger charge is 2.06. The van der Waals surface area contributed by atoms with Gasteiger partial charge in [0.1, 0.15) is 0 Å². The minimum atomic E-state index is -0.335. The third-order valence-electron chi connectivity index (χ3n) is 2.35. The van der Waals surface area contributed by atoms with Crippen LogP contribution in [-0.4, -0.2) is 25.1 Å². The summed E-state index contributed by atoms with van der Waals surface area (Å²) in [6.45, 7) is 3.59. The molecule has 0 N–H and O–H groups in total. The summed E-state index contributed by atoms with van der Waals surface area (Å²) in [6.07, 6.45) is 0.482. The summed E-state index contributed by atoms with van der Waals surface area (Å²) >= 11 is 0. The molecule has 0 aliphatic rings. The van der Waals surface area contributed by atoms with E-state index in [4.69, 9.17) is 10.00 Å². The van der Waals surface area contributed by atoms with Crippen molar-refractivity contribution < 1.29 is 9.13 Å². The van der Waals surface area contributed by atoms with Crippen LogP contribution in [0.4, 0.5) is 4.39 Å². The first-order valence-corrected chi connectivity index (χ1v) is 5.64. The smallest absolute Gasteiger partial charge is 0.165 e. The van der Waals surface area contributed by atoms with Crippen molar-refractivity contribution in [1.82, 2.24) is 4.90 Å². The van der Waals surface area contributed by atoms with E-state index in [-0.39, 0.29) is 11.6 Å². The fraction of sp³-hybridized carbons (Fsp3) is 0.462. The zero-order valence-electron chi connectivity index (χ0n) is 10.2. The quantitative estimate of drug-likeness (QED) is 0.761. The lowest BCUT2D eigenvalue weighted by atomic mass is 10.2. The van der Waals surface area contributed by atoms with Gasteiger partial charge in [0.2, 0.25) is 0 Å². The van der Waals surface area contributed by atoms with Crippen LogP contribution in [0.5, 0.6) is 5.75 Å². The minimum absolute atomic E-state index is 0.288. The maximum atomic E-state index is 13.5. The molecule has 1 aromatic carbocycles. The van der Waals surface area contributed by atoms with Crippen LogP contribution in [0.3, 0.4) is 0 Å². The van der Waals surface area contributed by atoms with Crippen molar-refractivity contribution in [2.24, 2.45) is 0 Å². The van der Waals surface area contributed by atoms with Gasteiger partial charge >= 0.3 is 0 Å². The first-order valence-electron chi connectivity index (χ1n) is 5.64. The van der Waals surface area contributed by atoms with Crippen molar-refractivity contribution >= 4 is 0 Å². The second kappa shape index (κ2) is 6.87. The van der Waals surface area contributed by atoms with E-state index in [0.29, 0.717) is 26.1 Å². The molecule has 0 aromatic heterocycles. The Hall–Kier alpha value is -1.60. The first kappa shape index (κ1) is 13.5. The lowest BCUT2D eigenvalue weighted by Crippen LogP contribution is -2.18. The van der Waals surface area contributed by atoms with Crippen molar-refractivity contribution in [3.05, 3.63) is 29.6 Å². The Labute approximate surface area is 101 Å². The van der Waals surface area contributed by atoms with Gasteiger partial charge in [0.15, 0.2) is 11.6 Å². The van der Waals surface area contributed by atoms with Crippen LogP contribution in [0.15, 0.2) is 18.2 Å². The summed E-state index contributed by atoms with van der Waals surface area (Å²) in [5.74, 6) is -0.0473. The van der Waals surface area contributed by atoms with Crippen LogP contribution >= 0.6 is 0 Å². The van der Waals surface area contributed by atoms with Gasteiger partial charge in [0.25, 0.3) is 0 Å². The molecule has 0 amide bonds. The van der Waals surface area contributed by atoms with E-state index >= 15 is 0 Å². The second-order valence-corrected chi connectivity index (χ2v) is 3.84. The van der Waals surface area contributed by atoms with Crippen molar-refractivity contribution in [3.8, 4) is 11.8 Å². The number of nitrogens with zero attached hydrogens (tertiary/aromatic N) is 2. The van der Waals surface area contributed by atoms with Crippen LogP contribution in [0.2, 0.25) is 0 Å². The van der Waals surface area contributed by atoms with Crippen LogP contribution in [-0.2, 0) is 6.54 Å². The second-order valence-electron chi connectivity index (χ2n) is 3.84. The normalized spacial score (nSPS) is 10.3. The zero-order valence-corrected chi connectivity index (χ0v) is 10.2. The standard InChI is InChI=1S/C13H17FN2O/c1-3-17-13-6-5-11(9-12(13)14)10-16(2)8-4-7-15/h5-6,9H,3-4,8,10H2,1-2H3. The van der Waals surface area contributed by atoms with E-state index in [9.17, 15) is 4.39 Å². The van der Waals surface area contributed by atoms with E-state index in [1.807, 2.05) is 24.9 Å². The SMILES string of the molecule is CCOc1ccc(CN(C)CCC#N)cc1F. The summed E-state index contributed by atoms with van der Waals surface area (Å²) in [4.78, 5) is 1.98. The Morgan fingerprint density at radius 1 is 1.47 bits per heavy atom. The van der Waals surface area contributed by atoms with E-state index in [0.717, 1.165) is 5.56 Å². The third kappa shape index (κ3) is 4.41. The molecule has 0 unspecified atom stereocenters. The molecule has 0 radical (unpaired) electrons.